The molecule has 35 heavy (non-hydrogen) atoms. The average Bonchev–Trinajstić information content (AvgIpc) is 3.67. The molecule has 5 aromatic rings. The molecular weight excluding hydrogens is 476 g/mol. The third-order valence-electron chi connectivity index (χ3n) is 6.25. The van der Waals surface area contributed by atoms with Crippen molar-refractivity contribution in [2.75, 3.05) is 14.2 Å². The summed E-state index contributed by atoms with van der Waals surface area (Å²) in [5.74, 6) is 1.77. The number of rotatable bonds is 5. The number of nitrogens with zero attached hydrogens (tertiary/aromatic N) is 2. The van der Waals surface area contributed by atoms with Gasteiger partial charge in [0.1, 0.15) is 11.5 Å². The Morgan fingerprint density at radius 2 is 1.60 bits per heavy atom. The van der Waals surface area contributed by atoms with Gasteiger partial charge in [0, 0.05) is 5.56 Å². The van der Waals surface area contributed by atoms with Crippen LogP contribution in [-0.2, 0) is 36.5 Å². The van der Waals surface area contributed by atoms with Gasteiger partial charge in [-0.25, -0.2) is 12.1 Å². The normalized spacial score (nSPS) is 11.4. The van der Waals surface area contributed by atoms with E-state index in [1.54, 1.807) is 14.2 Å². The van der Waals surface area contributed by atoms with E-state index in [-0.39, 0.29) is 17.1 Å². The summed E-state index contributed by atoms with van der Waals surface area (Å²) < 4.78 is 12.9. The molecule has 4 nitrogen and oxygen atoms in total. The van der Waals surface area contributed by atoms with E-state index in [1.165, 1.54) is 33.5 Å². The minimum atomic E-state index is 0. The first-order valence-electron chi connectivity index (χ1n) is 11.6. The molecule has 0 spiro atoms. The fraction of sp³-hybridized carbons (Fsp3) is 0.167. The molecule has 0 saturated carbocycles. The summed E-state index contributed by atoms with van der Waals surface area (Å²) in [6, 6.07) is 33.1. The zero-order valence-electron chi connectivity index (χ0n) is 19.9. The van der Waals surface area contributed by atoms with Crippen molar-refractivity contribution in [2.45, 2.75) is 19.4 Å². The smallest absolute Gasteiger partial charge is 0.497 e. The average molecular weight is 504 g/mol. The maximum Gasteiger partial charge on any atom is 2.00 e. The second-order valence-electron chi connectivity index (χ2n) is 8.34. The zero-order chi connectivity index (χ0) is 23.3. The molecule has 0 unspecified atom stereocenters. The van der Waals surface area contributed by atoms with Crippen LogP contribution in [-0.4, -0.2) is 24.0 Å². The molecule has 0 aliphatic heterocycles. The molecule has 0 atom stereocenters. The first kappa shape index (κ1) is 24.6. The van der Waals surface area contributed by atoms with E-state index < -0.39 is 0 Å². The fourth-order valence-electron chi connectivity index (χ4n) is 4.54. The summed E-state index contributed by atoms with van der Waals surface area (Å²) in [5, 5.41) is 5.09. The number of methoxy groups -OCH3 is 2. The molecule has 0 radical (unpaired) electrons. The quantitative estimate of drug-likeness (QED) is 0.203. The van der Waals surface area contributed by atoms with Crippen LogP contribution in [0.1, 0.15) is 16.7 Å². The van der Waals surface area contributed by atoms with Crippen molar-refractivity contribution in [1.29, 1.82) is 0 Å². The Labute approximate surface area is 217 Å². The SMILES string of the molecule is COc1ccc(Cn2nc3c(c2-c2ccc[cH-]2)CCc2cc(OC)ccc2-3)cc1.[Fe+2].c1cc[cH-]c1. The molecule has 0 N–H and O–H groups in total. The zero-order valence-corrected chi connectivity index (χ0v) is 21.0. The van der Waals surface area contributed by atoms with Gasteiger partial charge in [0.05, 0.1) is 26.5 Å². The largest absolute Gasteiger partial charge is 2.00 e. The minimum absolute atomic E-state index is 0. The monoisotopic (exact) mass is 504 g/mol. The Morgan fingerprint density at radius 1 is 0.857 bits per heavy atom. The maximum atomic E-state index is 5.42. The van der Waals surface area contributed by atoms with Crippen molar-refractivity contribution in [3.05, 3.63) is 114 Å². The molecule has 178 valence electrons. The van der Waals surface area contributed by atoms with Gasteiger partial charge >= 0.3 is 17.1 Å². The fourth-order valence-corrected chi connectivity index (χ4v) is 4.54. The molecule has 0 fully saturated rings. The van der Waals surface area contributed by atoms with Crippen molar-refractivity contribution >= 4 is 0 Å². The number of ether oxygens (including phenoxy) is 2. The summed E-state index contributed by atoms with van der Waals surface area (Å²) in [5.41, 5.74) is 8.61. The molecule has 4 aromatic carbocycles. The van der Waals surface area contributed by atoms with Crippen molar-refractivity contribution in [3.8, 4) is 34.0 Å². The number of fused-ring (bicyclic) bond motifs is 3. The van der Waals surface area contributed by atoms with E-state index in [0.717, 1.165) is 36.6 Å². The van der Waals surface area contributed by atoms with Crippen LogP contribution in [0.4, 0.5) is 0 Å². The van der Waals surface area contributed by atoms with Gasteiger partial charge in [-0.1, -0.05) is 12.1 Å². The molecule has 0 bridgehead atoms. The maximum absolute atomic E-state index is 5.42. The van der Waals surface area contributed by atoms with E-state index in [0.29, 0.717) is 0 Å². The van der Waals surface area contributed by atoms with Crippen LogP contribution in [0.2, 0.25) is 0 Å². The van der Waals surface area contributed by atoms with Crippen molar-refractivity contribution in [1.82, 2.24) is 9.78 Å². The van der Waals surface area contributed by atoms with Crippen molar-refractivity contribution in [3.63, 3.8) is 0 Å². The van der Waals surface area contributed by atoms with Crippen LogP contribution in [0, 0.1) is 0 Å². The Bertz CT molecular complexity index is 1320. The van der Waals surface area contributed by atoms with Crippen molar-refractivity contribution in [2.24, 2.45) is 0 Å². The van der Waals surface area contributed by atoms with Crippen LogP contribution in [0.5, 0.6) is 11.5 Å². The van der Waals surface area contributed by atoms with Gasteiger partial charge in [-0.3, -0.25) is 4.68 Å². The standard InChI is InChI=1S/C25H23N2O2.C5H5.Fe/c1-28-20-10-7-17(8-11-20)16-27-25(18-5-3-4-6-18)23-13-9-19-15-21(29-2)12-14-22(19)24(23)26-27;1-2-4-5-3-1;/h3-8,10-12,14-15H,9,13,16H2,1-2H3;1-5H;/q2*-1;+2. The molecule has 1 heterocycles. The Hall–Kier alpha value is -3.53. The Balaban J connectivity index is 0.000000431. The van der Waals surface area contributed by atoms with Crippen LogP contribution < -0.4 is 9.47 Å². The van der Waals surface area contributed by atoms with Crippen LogP contribution in [0.25, 0.3) is 22.5 Å². The third-order valence-corrected chi connectivity index (χ3v) is 6.25. The van der Waals surface area contributed by atoms with Gasteiger partial charge < -0.3 is 9.47 Å². The van der Waals surface area contributed by atoms with Gasteiger partial charge in [0.15, 0.2) is 0 Å². The van der Waals surface area contributed by atoms with Crippen LogP contribution in [0.15, 0.2) is 97.1 Å². The van der Waals surface area contributed by atoms with Crippen LogP contribution in [0.3, 0.4) is 0 Å². The molecule has 1 aromatic heterocycles. The second-order valence-corrected chi connectivity index (χ2v) is 8.34. The molecule has 1 aliphatic rings. The van der Waals surface area contributed by atoms with Crippen LogP contribution >= 0.6 is 0 Å². The first-order chi connectivity index (χ1) is 16.8. The number of benzene rings is 2. The predicted octanol–water partition coefficient (Wildman–Crippen LogP) is 6.50. The number of hydrogen-bond donors (Lipinski definition) is 0. The molecule has 5 heteroatoms. The van der Waals surface area contributed by atoms with Gasteiger partial charge in [-0.05, 0) is 65.6 Å². The predicted molar refractivity (Wildman–Crippen MR) is 137 cm³/mol. The first-order valence-corrected chi connectivity index (χ1v) is 11.6. The van der Waals surface area contributed by atoms with Crippen molar-refractivity contribution < 1.29 is 26.5 Å². The van der Waals surface area contributed by atoms with Gasteiger partial charge in [0.2, 0.25) is 0 Å². The molecule has 0 amide bonds. The second kappa shape index (κ2) is 11.3. The van der Waals surface area contributed by atoms with E-state index in [4.69, 9.17) is 14.6 Å². The summed E-state index contributed by atoms with van der Waals surface area (Å²) in [6.45, 7) is 0.725. The topological polar surface area (TPSA) is 36.3 Å². The van der Waals surface area contributed by atoms with Gasteiger partial charge in [-0.15, -0.1) is 11.6 Å². The molecular formula is C30H28FeN2O2. The summed E-state index contributed by atoms with van der Waals surface area (Å²) in [7, 11) is 3.41. The molecule has 6 rings (SSSR count). The molecule has 1 aliphatic carbocycles. The van der Waals surface area contributed by atoms with Gasteiger partial charge in [0.25, 0.3) is 0 Å². The summed E-state index contributed by atoms with van der Waals surface area (Å²) in [4.78, 5) is 0. The minimum Gasteiger partial charge on any atom is -0.497 e. The van der Waals surface area contributed by atoms with E-state index in [9.17, 15) is 0 Å². The van der Waals surface area contributed by atoms with E-state index in [1.807, 2.05) is 48.5 Å². The summed E-state index contributed by atoms with van der Waals surface area (Å²) in [6.07, 6.45) is 1.99. The Kier molecular flexibility index (Phi) is 7.91. The van der Waals surface area contributed by atoms with E-state index in [2.05, 4.69) is 53.2 Å². The van der Waals surface area contributed by atoms with E-state index >= 15 is 0 Å². The number of aryl methyl sites for hydroxylation is 1. The number of aromatic nitrogens is 2. The Morgan fingerprint density at radius 3 is 2.23 bits per heavy atom. The third kappa shape index (κ3) is 5.27. The molecule has 0 saturated heterocycles. The van der Waals surface area contributed by atoms with Gasteiger partial charge in [-0.2, -0.15) is 41.5 Å². The summed E-state index contributed by atoms with van der Waals surface area (Å²) >= 11 is 0. The number of hydrogen-bond acceptors (Lipinski definition) is 3.